The summed E-state index contributed by atoms with van der Waals surface area (Å²) in [6.45, 7) is 4.00. The van der Waals surface area contributed by atoms with Crippen LogP contribution in [0.5, 0.6) is 0 Å². The van der Waals surface area contributed by atoms with E-state index in [1.165, 1.54) is 7.11 Å². The normalized spacial score (nSPS) is 12.0. The minimum Gasteiger partial charge on any atom is -0.374 e. The maximum absolute atomic E-state index is 12.8. The SMILES string of the molecule is CCNC(=O)Nc1nc2c(C(=O)C(C)OC)cc(-c3cccnc3)cc2[nH]1. The minimum atomic E-state index is -0.617. The Kier molecular flexibility index (Phi) is 5.46. The van der Waals surface area contributed by atoms with Gasteiger partial charge in [-0.1, -0.05) is 6.07 Å². The van der Waals surface area contributed by atoms with Crippen LogP contribution in [0.2, 0.25) is 0 Å². The molecule has 0 saturated heterocycles. The summed E-state index contributed by atoms with van der Waals surface area (Å²) in [6.07, 6.45) is 2.79. The van der Waals surface area contributed by atoms with E-state index < -0.39 is 6.10 Å². The fourth-order valence-electron chi connectivity index (χ4n) is 2.70. The summed E-state index contributed by atoms with van der Waals surface area (Å²) in [5.41, 5.74) is 3.21. The number of H-pyrrole nitrogens is 1. The number of hydrogen-bond donors (Lipinski definition) is 3. The largest absolute Gasteiger partial charge is 0.374 e. The second kappa shape index (κ2) is 7.96. The lowest BCUT2D eigenvalue weighted by molar-refractivity contribution is 0.0657. The van der Waals surface area contributed by atoms with Gasteiger partial charge in [0, 0.05) is 37.2 Å². The van der Waals surface area contributed by atoms with Gasteiger partial charge < -0.3 is 15.0 Å². The average molecular weight is 367 g/mol. The van der Waals surface area contributed by atoms with Gasteiger partial charge in [0.2, 0.25) is 5.95 Å². The number of amides is 2. The Labute approximate surface area is 156 Å². The first kappa shape index (κ1) is 18.5. The van der Waals surface area contributed by atoms with Crippen LogP contribution in [-0.4, -0.2) is 46.5 Å². The molecular formula is C19H21N5O3. The molecule has 3 rings (SSSR count). The third kappa shape index (κ3) is 3.95. The lowest BCUT2D eigenvalue weighted by atomic mass is 9.99. The van der Waals surface area contributed by atoms with Gasteiger partial charge in [0.1, 0.15) is 11.6 Å². The van der Waals surface area contributed by atoms with E-state index in [9.17, 15) is 9.59 Å². The van der Waals surface area contributed by atoms with Crippen molar-refractivity contribution in [2.24, 2.45) is 0 Å². The lowest BCUT2D eigenvalue weighted by Crippen LogP contribution is -2.28. The lowest BCUT2D eigenvalue weighted by Gasteiger charge is -2.10. The highest BCUT2D eigenvalue weighted by molar-refractivity contribution is 6.10. The van der Waals surface area contributed by atoms with Crippen LogP contribution in [0.4, 0.5) is 10.7 Å². The molecule has 27 heavy (non-hydrogen) atoms. The van der Waals surface area contributed by atoms with Crippen LogP contribution in [0.25, 0.3) is 22.2 Å². The number of benzene rings is 1. The molecule has 0 bridgehead atoms. The van der Waals surface area contributed by atoms with Gasteiger partial charge in [-0.3, -0.25) is 15.1 Å². The van der Waals surface area contributed by atoms with E-state index in [1.807, 2.05) is 25.1 Å². The van der Waals surface area contributed by atoms with Crippen molar-refractivity contribution >= 4 is 28.8 Å². The molecule has 0 fully saturated rings. The molecule has 0 spiro atoms. The van der Waals surface area contributed by atoms with E-state index in [1.54, 1.807) is 25.4 Å². The van der Waals surface area contributed by atoms with E-state index in [2.05, 4.69) is 25.6 Å². The molecule has 0 saturated carbocycles. The summed E-state index contributed by atoms with van der Waals surface area (Å²) in [5, 5.41) is 5.26. The monoisotopic (exact) mass is 367 g/mol. The molecule has 1 unspecified atom stereocenters. The number of fused-ring (bicyclic) bond motifs is 1. The number of rotatable bonds is 6. The standard InChI is InChI=1S/C19H21N5O3/c1-4-21-19(26)24-18-22-15-9-13(12-6-5-7-20-10-12)8-14(16(15)23-18)17(25)11(2)27-3/h5-11H,4H2,1-3H3,(H3,21,22,23,24,26). The van der Waals surface area contributed by atoms with Crippen molar-refractivity contribution in [3.05, 3.63) is 42.2 Å². The number of Topliss-reactive ketones (excluding diaryl/α,β-unsaturated/α-hetero) is 1. The number of nitrogens with zero attached hydrogens (tertiary/aromatic N) is 2. The van der Waals surface area contributed by atoms with Gasteiger partial charge in [-0.25, -0.2) is 9.78 Å². The zero-order valence-corrected chi connectivity index (χ0v) is 15.4. The van der Waals surface area contributed by atoms with Crippen LogP contribution in [0, 0.1) is 0 Å². The van der Waals surface area contributed by atoms with Crippen molar-refractivity contribution in [2.45, 2.75) is 20.0 Å². The van der Waals surface area contributed by atoms with Crippen LogP contribution >= 0.6 is 0 Å². The Morgan fingerprint density at radius 3 is 2.78 bits per heavy atom. The Bertz CT molecular complexity index is 968. The van der Waals surface area contributed by atoms with Crippen LogP contribution in [-0.2, 0) is 4.74 Å². The molecule has 3 aromatic rings. The third-order valence-electron chi connectivity index (χ3n) is 4.14. The average Bonchev–Trinajstić information content (AvgIpc) is 3.08. The Hall–Kier alpha value is -3.26. The van der Waals surface area contributed by atoms with Crippen molar-refractivity contribution < 1.29 is 14.3 Å². The highest BCUT2D eigenvalue weighted by Crippen LogP contribution is 2.28. The van der Waals surface area contributed by atoms with E-state index in [-0.39, 0.29) is 17.8 Å². The van der Waals surface area contributed by atoms with E-state index >= 15 is 0 Å². The number of ether oxygens (including phenoxy) is 1. The number of imidazole rings is 1. The summed E-state index contributed by atoms with van der Waals surface area (Å²) in [7, 11) is 1.48. The Balaban J connectivity index is 2.11. The molecular weight excluding hydrogens is 346 g/mol. The smallest absolute Gasteiger partial charge is 0.321 e. The maximum atomic E-state index is 12.8. The van der Waals surface area contributed by atoms with Gasteiger partial charge in [-0.05, 0) is 37.6 Å². The predicted octanol–water partition coefficient (Wildman–Crippen LogP) is 2.98. The number of nitrogens with one attached hydrogen (secondary N) is 3. The zero-order chi connectivity index (χ0) is 19.4. The van der Waals surface area contributed by atoms with Crippen molar-refractivity contribution in [1.29, 1.82) is 0 Å². The molecule has 0 aliphatic heterocycles. The van der Waals surface area contributed by atoms with Gasteiger partial charge in [0.05, 0.1) is 5.52 Å². The molecule has 2 aromatic heterocycles. The van der Waals surface area contributed by atoms with Gasteiger partial charge in [0.15, 0.2) is 5.78 Å². The number of carbonyl (C=O) groups is 2. The number of pyridine rings is 1. The quantitative estimate of drug-likeness (QED) is 0.580. The number of carbonyl (C=O) groups excluding carboxylic acids is 2. The van der Waals surface area contributed by atoms with E-state index in [4.69, 9.17) is 4.74 Å². The minimum absolute atomic E-state index is 0.190. The number of ketones is 1. The molecule has 0 aliphatic rings. The first-order valence-corrected chi connectivity index (χ1v) is 8.59. The molecule has 140 valence electrons. The second-order valence-electron chi connectivity index (χ2n) is 5.97. The van der Waals surface area contributed by atoms with E-state index in [0.29, 0.717) is 23.1 Å². The molecule has 2 heterocycles. The summed E-state index contributed by atoms with van der Waals surface area (Å²) >= 11 is 0. The summed E-state index contributed by atoms with van der Waals surface area (Å²) in [4.78, 5) is 36.2. The van der Waals surface area contributed by atoms with Crippen molar-refractivity contribution in [3.8, 4) is 11.1 Å². The van der Waals surface area contributed by atoms with Gasteiger partial charge in [-0.15, -0.1) is 0 Å². The number of aromatic amines is 1. The number of urea groups is 1. The molecule has 0 radical (unpaired) electrons. The second-order valence-corrected chi connectivity index (χ2v) is 5.97. The first-order valence-electron chi connectivity index (χ1n) is 8.59. The zero-order valence-electron chi connectivity index (χ0n) is 15.4. The van der Waals surface area contributed by atoms with Crippen LogP contribution in [0.1, 0.15) is 24.2 Å². The van der Waals surface area contributed by atoms with Gasteiger partial charge >= 0.3 is 6.03 Å². The molecule has 3 N–H and O–H groups in total. The molecule has 2 amide bonds. The van der Waals surface area contributed by atoms with Crippen molar-refractivity contribution in [2.75, 3.05) is 19.0 Å². The molecule has 0 aliphatic carbocycles. The number of methoxy groups -OCH3 is 1. The third-order valence-corrected chi connectivity index (χ3v) is 4.14. The van der Waals surface area contributed by atoms with Gasteiger partial charge in [-0.2, -0.15) is 0 Å². The fourth-order valence-corrected chi connectivity index (χ4v) is 2.70. The fraction of sp³-hybridized carbons (Fsp3) is 0.263. The number of aromatic nitrogens is 3. The van der Waals surface area contributed by atoms with Crippen LogP contribution in [0.15, 0.2) is 36.7 Å². The van der Waals surface area contributed by atoms with Crippen LogP contribution in [0.3, 0.4) is 0 Å². The predicted molar refractivity (Wildman–Crippen MR) is 103 cm³/mol. The highest BCUT2D eigenvalue weighted by atomic mass is 16.5. The molecule has 1 atom stereocenters. The summed E-state index contributed by atoms with van der Waals surface area (Å²) < 4.78 is 5.18. The maximum Gasteiger partial charge on any atom is 0.321 e. The molecule has 8 nitrogen and oxygen atoms in total. The first-order chi connectivity index (χ1) is 13.0. The van der Waals surface area contributed by atoms with Crippen molar-refractivity contribution in [1.82, 2.24) is 20.3 Å². The Morgan fingerprint density at radius 2 is 2.11 bits per heavy atom. The summed E-state index contributed by atoms with van der Waals surface area (Å²) in [5.74, 6) is 0.0720. The highest BCUT2D eigenvalue weighted by Gasteiger charge is 2.21. The van der Waals surface area contributed by atoms with Crippen molar-refractivity contribution in [3.63, 3.8) is 0 Å². The summed E-state index contributed by atoms with van der Waals surface area (Å²) in [6, 6.07) is 7.01. The Morgan fingerprint density at radius 1 is 1.30 bits per heavy atom. The van der Waals surface area contributed by atoms with E-state index in [0.717, 1.165) is 11.1 Å². The number of anilines is 1. The van der Waals surface area contributed by atoms with Gasteiger partial charge in [0.25, 0.3) is 0 Å². The van der Waals surface area contributed by atoms with Crippen LogP contribution < -0.4 is 10.6 Å². The molecule has 8 heteroatoms. The molecule has 1 aromatic carbocycles. The topological polar surface area (TPSA) is 109 Å². The number of hydrogen-bond acceptors (Lipinski definition) is 5.